The van der Waals surface area contributed by atoms with Crippen molar-refractivity contribution < 1.29 is 32.6 Å². The van der Waals surface area contributed by atoms with Gasteiger partial charge in [0.05, 0.1) is 5.69 Å². The number of ether oxygens (including phenoxy) is 1. The Labute approximate surface area is 125 Å². The second-order valence-corrected chi connectivity index (χ2v) is 5.58. The van der Waals surface area contributed by atoms with E-state index in [1.807, 2.05) is 0 Å². The van der Waals surface area contributed by atoms with Crippen molar-refractivity contribution in [2.24, 2.45) is 0 Å². The molecule has 1 atom stereocenters. The normalized spacial score (nSPS) is 12.7. The number of carbonyl (C=O) groups is 2. The quantitative estimate of drug-likeness (QED) is 0.868. The molecule has 1 unspecified atom stereocenters. The molecular weight excluding hydrogens is 303 g/mol. The number of aliphatic carboxylic acids is 1. The lowest BCUT2D eigenvalue weighted by molar-refractivity contribution is -0.138. The van der Waals surface area contributed by atoms with Crippen LogP contribution in [0.1, 0.15) is 27.7 Å². The molecule has 0 fully saturated rings. The molecule has 0 saturated carbocycles. The second-order valence-electron chi connectivity index (χ2n) is 5.58. The summed E-state index contributed by atoms with van der Waals surface area (Å²) in [4.78, 5) is 23.6. The van der Waals surface area contributed by atoms with Gasteiger partial charge in [0.2, 0.25) is 0 Å². The predicted octanol–water partition coefficient (Wildman–Crippen LogP) is 3.32. The van der Waals surface area contributed by atoms with Crippen molar-refractivity contribution in [2.45, 2.75) is 39.3 Å². The fourth-order valence-electron chi connectivity index (χ4n) is 1.58. The van der Waals surface area contributed by atoms with E-state index in [-0.39, 0.29) is 6.07 Å². The maximum atomic E-state index is 13.8. The van der Waals surface area contributed by atoms with Crippen LogP contribution in [0.15, 0.2) is 12.1 Å². The highest BCUT2D eigenvalue weighted by Gasteiger charge is 2.33. The molecular formula is C14H16F3NO4. The van der Waals surface area contributed by atoms with Gasteiger partial charge in [-0.15, -0.1) is 0 Å². The summed E-state index contributed by atoms with van der Waals surface area (Å²) in [5, 5.41) is 9.04. The Morgan fingerprint density at radius 1 is 1.14 bits per heavy atom. The number of carbonyl (C=O) groups excluding carboxylic acids is 1. The van der Waals surface area contributed by atoms with Gasteiger partial charge >= 0.3 is 12.1 Å². The van der Waals surface area contributed by atoms with Gasteiger partial charge in [0.1, 0.15) is 17.5 Å². The molecule has 0 radical (unpaired) electrons. The molecule has 1 aromatic rings. The number of carboxylic acids is 1. The van der Waals surface area contributed by atoms with E-state index in [0.717, 1.165) is 6.92 Å². The average molecular weight is 319 g/mol. The third kappa shape index (κ3) is 4.12. The number of hydrogen-bond acceptors (Lipinski definition) is 3. The second kappa shape index (κ2) is 6.25. The first-order valence-corrected chi connectivity index (χ1v) is 6.33. The highest BCUT2D eigenvalue weighted by atomic mass is 19.2. The van der Waals surface area contributed by atoms with Crippen LogP contribution in [-0.2, 0) is 9.53 Å². The number of carboxylic acid groups (broad SMARTS) is 1. The van der Waals surface area contributed by atoms with E-state index in [2.05, 4.69) is 0 Å². The van der Waals surface area contributed by atoms with Gasteiger partial charge in [-0.1, -0.05) is 0 Å². The van der Waals surface area contributed by atoms with Crippen molar-refractivity contribution in [3.8, 4) is 0 Å². The molecule has 0 aromatic heterocycles. The van der Waals surface area contributed by atoms with Crippen LogP contribution in [0.3, 0.4) is 0 Å². The summed E-state index contributed by atoms with van der Waals surface area (Å²) in [6.07, 6.45) is -1.19. The Balaban J connectivity index is 3.36. The van der Waals surface area contributed by atoms with Gasteiger partial charge < -0.3 is 9.84 Å². The first-order chi connectivity index (χ1) is 9.94. The SMILES string of the molecule is CC(C(=O)O)N(C(=O)OC(C)(C)C)c1cc(F)c(F)cc1F. The third-order valence-electron chi connectivity index (χ3n) is 2.58. The van der Waals surface area contributed by atoms with Gasteiger partial charge in [-0.25, -0.2) is 22.8 Å². The number of amides is 1. The number of halogens is 3. The van der Waals surface area contributed by atoms with E-state index < -0.39 is 46.8 Å². The molecule has 1 amide bonds. The molecule has 0 saturated heterocycles. The first kappa shape index (κ1) is 17.8. The molecule has 0 aliphatic carbocycles. The average Bonchev–Trinajstić information content (AvgIpc) is 2.33. The fourth-order valence-corrected chi connectivity index (χ4v) is 1.58. The molecule has 0 bridgehead atoms. The van der Waals surface area contributed by atoms with Gasteiger partial charge in [-0.05, 0) is 27.7 Å². The van der Waals surface area contributed by atoms with Crippen molar-refractivity contribution in [3.63, 3.8) is 0 Å². The van der Waals surface area contributed by atoms with E-state index in [1.54, 1.807) is 0 Å². The zero-order chi connectivity index (χ0) is 17.2. The zero-order valence-electron chi connectivity index (χ0n) is 12.5. The first-order valence-electron chi connectivity index (χ1n) is 6.33. The van der Waals surface area contributed by atoms with E-state index in [0.29, 0.717) is 11.0 Å². The molecule has 0 spiro atoms. The molecule has 1 N–H and O–H groups in total. The predicted molar refractivity (Wildman–Crippen MR) is 72.1 cm³/mol. The summed E-state index contributed by atoms with van der Waals surface area (Å²) >= 11 is 0. The van der Waals surface area contributed by atoms with E-state index in [1.165, 1.54) is 20.8 Å². The molecule has 5 nitrogen and oxygen atoms in total. The molecule has 1 aromatic carbocycles. The topological polar surface area (TPSA) is 66.8 Å². The number of rotatable bonds is 3. The Morgan fingerprint density at radius 3 is 2.09 bits per heavy atom. The lowest BCUT2D eigenvalue weighted by atomic mass is 10.2. The maximum Gasteiger partial charge on any atom is 0.415 e. The van der Waals surface area contributed by atoms with E-state index >= 15 is 0 Å². The molecule has 0 aliphatic heterocycles. The van der Waals surface area contributed by atoms with Crippen molar-refractivity contribution >= 4 is 17.7 Å². The number of hydrogen-bond donors (Lipinski definition) is 1. The van der Waals surface area contributed by atoms with Crippen LogP contribution in [0.4, 0.5) is 23.7 Å². The zero-order valence-corrected chi connectivity index (χ0v) is 12.5. The lowest BCUT2D eigenvalue weighted by Crippen LogP contribution is -2.46. The summed E-state index contributed by atoms with van der Waals surface area (Å²) in [5.74, 6) is -5.61. The standard InChI is InChI=1S/C14H16F3NO4/c1-7(12(19)20)18(13(21)22-14(2,3)4)11-6-9(16)8(15)5-10(11)17/h5-7H,1-4H3,(H,19,20). The molecule has 8 heteroatoms. The minimum absolute atomic E-state index is 0.233. The van der Waals surface area contributed by atoms with Gasteiger partial charge in [0.15, 0.2) is 11.6 Å². The Bertz CT molecular complexity index is 598. The summed E-state index contributed by atoms with van der Waals surface area (Å²) in [6.45, 7) is 5.66. The van der Waals surface area contributed by atoms with Crippen LogP contribution in [-0.4, -0.2) is 28.8 Å². The van der Waals surface area contributed by atoms with Gasteiger partial charge in [0.25, 0.3) is 0 Å². The Morgan fingerprint density at radius 2 is 1.64 bits per heavy atom. The summed E-state index contributed by atoms with van der Waals surface area (Å²) in [7, 11) is 0. The van der Waals surface area contributed by atoms with Crippen molar-refractivity contribution in [1.82, 2.24) is 0 Å². The molecule has 0 aliphatic rings. The Hall–Kier alpha value is -2.25. The van der Waals surface area contributed by atoms with Crippen molar-refractivity contribution in [3.05, 3.63) is 29.6 Å². The van der Waals surface area contributed by atoms with Gasteiger partial charge in [0, 0.05) is 12.1 Å². The highest BCUT2D eigenvalue weighted by molar-refractivity contribution is 5.95. The van der Waals surface area contributed by atoms with Gasteiger partial charge in [-0.2, -0.15) is 0 Å². The van der Waals surface area contributed by atoms with Crippen LogP contribution in [0.25, 0.3) is 0 Å². The minimum atomic E-state index is -1.55. The van der Waals surface area contributed by atoms with Crippen LogP contribution < -0.4 is 4.90 Å². The van der Waals surface area contributed by atoms with Crippen molar-refractivity contribution in [2.75, 3.05) is 4.90 Å². The largest absolute Gasteiger partial charge is 0.480 e. The summed E-state index contributed by atoms with van der Waals surface area (Å²) in [6, 6.07) is -0.904. The lowest BCUT2D eigenvalue weighted by Gasteiger charge is -2.30. The molecule has 22 heavy (non-hydrogen) atoms. The van der Waals surface area contributed by atoms with Crippen LogP contribution in [0, 0.1) is 17.5 Å². The maximum absolute atomic E-state index is 13.8. The smallest absolute Gasteiger partial charge is 0.415 e. The summed E-state index contributed by atoms with van der Waals surface area (Å²) in [5.41, 5.74) is -1.70. The molecule has 1 rings (SSSR count). The monoisotopic (exact) mass is 319 g/mol. The Kier molecular flexibility index (Phi) is 5.05. The van der Waals surface area contributed by atoms with Gasteiger partial charge in [-0.3, -0.25) is 4.90 Å². The van der Waals surface area contributed by atoms with Crippen molar-refractivity contribution in [1.29, 1.82) is 0 Å². The number of benzene rings is 1. The molecule has 122 valence electrons. The van der Waals surface area contributed by atoms with Crippen LogP contribution in [0.5, 0.6) is 0 Å². The van der Waals surface area contributed by atoms with Crippen LogP contribution in [0.2, 0.25) is 0 Å². The van der Waals surface area contributed by atoms with E-state index in [9.17, 15) is 22.8 Å². The minimum Gasteiger partial charge on any atom is -0.480 e. The summed E-state index contributed by atoms with van der Waals surface area (Å²) < 4.78 is 45.1. The number of nitrogens with zero attached hydrogens (tertiary/aromatic N) is 1. The molecule has 0 heterocycles. The van der Waals surface area contributed by atoms with Crippen LogP contribution >= 0.6 is 0 Å². The fraction of sp³-hybridized carbons (Fsp3) is 0.429. The van der Waals surface area contributed by atoms with E-state index in [4.69, 9.17) is 9.84 Å². The third-order valence-corrected chi connectivity index (χ3v) is 2.58. The number of anilines is 1. The highest BCUT2D eigenvalue weighted by Crippen LogP contribution is 2.26.